The Hall–Kier alpha value is -2.97. The van der Waals surface area contributed by atoms with Gasteiger partial charge in [0.15, 0.2) is 23.5 Å². The maximum atomic E-state index is 14.4. The molecule has 1 saturated heterocycles. The molecule has 2 heterocycles. The van der Waals surface area contributed by atoms with E-state index in [1.165, 1.54) is 17.2 Å². The number of benzene rings is 1. The summed E-state index contributed by atoms with van der Waals surface area (Å²) >= 11 is 0. The maximum Gasteiger partial charge on any atom is 0.415 e. The molecule has 0 spiro atoms. The summed E-state index contributed by atoms with van der Waals surface area (Å²) < 4.78 is 33.5. The first-order chi connectivity index (χ1) is 11.4. The highest BCUT2D eigenvalue weighted by Crippen LogP contribution is 2.31. The number of primary amides is 1. The third-order valence-electron chi connectivity index (χ3n) is 3.77. The molecule has 2 N–H and O–H groups in total. The zero-order valence-corrected chi connectivity index (χ0v) is 12.4. The average Bonchev–Trinajstić information content (AvgIpc) is 2.90. The Bertz CT molecular complexity index is 742. The summed E-state index contributed by atoms with van der Waals surface area (Å²) in [5.41, 5.74) is 4.66. The summed E-state index contributed by atoms with van der Waals surface area (Å²) in [6.45, 7) is -0.0669. The van der Waals surface area contributed by atoms with E-state index in [1.807, 2.05) is 0 Å². The Kier molecular flexibility index (Phi) is 3.92. The Morgan fingerprint density at radius 1 is 1.25 bits per heavy atom. The maximum absolute atomic E-state index is 14.4. The van der Waals surface area contributed by atoms with Gasteiger partial charge in [-0.3, -0.25) is 14.5 Å². The smallest absolute Gasteiger partial charge is 0.415 e. The standard InChI is InChI=1S/C15H13F2N3O4/c16-10-5-8(20-7-12(14(18)22)24-15(20)23)6-11(17)13(10)19-3-1-9(21)2-4-19/h1,3,5-6,12H,2,4,7H2,(H2,18,22)/t12-/m1/s1. The summed E-state index contributed by atoms with van der Waals surface area (Å²) in [6, 6.07) is 1.93. The van der Waals surface area contributed by atoms with Gasteiger partial charge in [0, 0.05) is 31.3 Å². The molecule has 2 aliphatic rings. The number of cyclic esters (lactones) is 1. The van der Waals surface area contributed by atoms with Crippen molar-refractivity contribution in [3.63, 3.8) is 0 Å². The highest BCUT2D eigenvalue weighted by atomic mass is 19.1. The predicted octanol–water partition coefficient (Wildman–Crippen LogP) is 1.07. The number of allylic oxidation sites excluding steroid dienone is 1. The van der Waals surface area contributed by atoms with Crippen LogP contribution in [0.4, 0.5) is 25.0 Å². The Labute approximate surface area is 135 Å². The monoisotopic (exact) mass is 337 g/mol. The molecule has 0 saturated carbocycles. The van der Waals surface area contributed by atoms with Gasteiger partial charge >= 0.3 is 6.09 Å². The third kappa shape index (κ3) is 2.80. The van der Waals surface area contributed by atoms with Crippen LogP contribution >= 0.6 is 0 Å². The number of halogens is 2. The van der Waals surface area contributed by atoms with Crippen LogP contribution in [-0.4, -0.2) is 37.0 Å². The van der Waals surface area contributed by atoms with Gasteiger partial charge < -0.3 is 15.4 Å². The number of rotatable bonds is 3. The van der Waals surface area contributed by atoms with Crippen molar-refractivity contribution in [1.29, 1.82) is 0 Å². The van der Waals surface area contributed by atoms with E-state index in [4.69, 9.17) is 10.5 Å². The van der Waals surface area contributed by atoms with E-state index in [1.54, 1.807) is 0 Å². The van der Waals surface area contributed by atoms with Crippen molar-refractivity contribution < 1.29 is 27.9 Å². The molecule has 126 valence electrons. The summed E-state index contributed by atoms with van der Waals surface area (Å²) in [6.07, 6.45) is 0.620. The minimum atomic E-state index is -1.17. The lowest BCUT2D eigenvalue weighted by Crippen LogP contribution is -2.32. The number of nitrogens with two attached hydrogens (primary N) is 1. The molecule has 1 fully saturated rings. The Morgan fingerprint density at radius 2 is 1.92 bits per heavy atom. The van der Waals surface area contributed by atoms with E-state index < -0.39 is 29.7 Å². The molecule has 0 aromatic heterocycles. The minimum absolute atomic E-state index is 0.0837. The minimum Gasteiger partial charge on any atom is -0.434 e. The SMILES string of the molecule is NC(=O)[C@H]1CN(c2cc(F)c(N3C=CC(=O)CC3)c(F)c2)C(=O)O1. The highest BCUT2D eigenvalue weighted by Gasteiger charge is 2.36. The van der Waals surface area contributed by atoms with Crippen LogP contribution in [0.5, 0.6) is 0 Å². The second-order valence-electron chi connectivity index (χ2n) is 5.37. The second-order valence-corrected chi connectivity index (χ2v) is 5.37. The topological polar surface area (TPSA) is 92.9 Å². The number of ether oxygens (including phenoxy) is 1. The summed E-state index contributed by atoms with van der Waals surface area (Å²) in [5.74, 6) is -2.77. The molecule has 7 nitrogen and oxygen atoms in total. The van der Waals surface area contributed by atoms with Crippen LogP contribution < -0.4 is 15.5 Å². The number of ketones is 1. The normalized spacial score (nSPS) is 20.5. The van der Waals surface area contributed by atoms with Crippen molar-refractivity contribution in [2.75, 3.05) is 22.9 Å². The number of hydrogen-bond donors (Lipinski definition) is 1. The van der Waals surface area contributed by atoms with Gasteiger partial charge in [-0.2, -0.15) is 0 Å². The van der Waals surface area contributed by atoms with Crippen LogP contribution in [0.2, 0.25) is 0 Å². The van der Waals surface area contributed by atoms with E-state index in [-0.39, 0.29) is 36.7 Å². The zero-order chi connectivity index (χ0) is 17.4. The van der Waals surface area contributed by atoms with Crippen LogP contribution in [0, 0.1) is 11.6 Å². The van der Waals surface area contributed by atoms with Gasteiger partial charge in [-0.1, -0.05) is 0 Å². The predicted molar refractivity (Wildman–Crippen MR) is 79.3 cm³/mol. The van der Waals surface area contributed by atoms with Crippen molar-refractivity contribution in [3.8, 4) is 0 Å². The van der Waals surface area contributed by atoms with Gasteiger partial charge in [-0.25, -0.2) is 13.6 Å². The van der Waals surface area contributed by atoms with Crippen molar-refractivity contribution in [2.24, 2.45) is 5.73 Å². The van der Waals surface area contributed by atoms with Crippen molar-refractivity contribution in [1.82, 2.24) is 0 Å². The zero-order valence-electron chi connectivity index (χ0n) is 12.4. The summed E-state index contributed by atoms with van der Waals surface area (Å²) in [7, 11) is 0. The number of carbonyl (C=O) groups is 3. The number of nitrogens with zero attached hydrogens (tertiary/aromatic N) is 2. The van der Waals surface area contributed by atoms with Crippen molar-refractivity contribution >= 4 is 29.2 Å². The molecule has 24 heavy (non-hydrogen) atoms. The van der Waals surface area contributed by atoms with E-state index in [9.17, 15) is 23.2 Å². The number of carbonyl (C=O) groups excluding carboxylic acids is 3. The Balaban J connectivity index is 1.90. The molecule has 1 atom stereocenters. The van der Waals surface area contributed by atoms with Gasteiger partial charge in [0.05, 0.1) is 12.2 Å². The molecule has 0 aliphatic carbocycles. The number of hydrogen-bond acceptors (Lipinski definition) is 5. The summed E-state index contributed by atoms with van der Waals surface area (Å²) in [4.78, 5) is 36.2. The van der Waals surface area contributed by atoms with Crippen LogP contribution in [0.3, 0.4) is 0 Å². The number of amides is 2. The van der Waals surface area contributed by atoms with Gasteiger partial charge in [0.25, 0.3) is 5.91 Å². The van der Waals surface area contributed by atoms with Gasteiger partial charge in [-0.15, -0.1) is 0 Å². The van der Waals surface area contributed by atoms with Crippen molar-refractivity contribution in [2.45, 2.75) is 12.5 Å². The third-order valence-corrected chi connectivity index (χ3v) is 3.77. The number of anilines is 2. The largest absolute Gasteiger partial charge is 0.434 e. The molecule has 0 radical (unpaired) electrons. The first kappa shape index (κ1) is 15.9. The molecular weight excluding hydrogens is 324 g/mol. The molecular formula is C15H13F2N3O4. The van der Waals surface area contributed by atoms with Gasteiger partial charge in [-0.05, 0) is 6.08 Å². The van der Waals surface area contributed by atoms with E-state index in [2.05, 4.69) is 0 Å². The van der Waals surface area contributed by atoms with E-state index in [0.29, 0.717) is 0 Å². The van der Waals surface area contributed by atoms with Gasteiger partial charge in [0.2, 0.25) is 0 Å². The summed E-state index contributed by atoms with van der Waals surface area (Å²) in [5, 5.41) is 0. The molecule has 0 bridgehead atoms. The molecule has 0 unspecified atom stereocenters. The van der Waals surface area contributed by atoms with Crippen LogP contribution in [0.25, 0.3) is 0 Å². The molecule has 1 aromatic rings. The molecule has 2 amide bonds. The first-order valence-corrected chi connectivity index (χ1v) is 7.11. The van der Waals surface area contributed by atoms with Crippen LogP contribution in [0.15, 0.2) is 24.4 Å². The fourth-order valence-electron chi connectivity index (χ4n) is 2.55. The molecule has 1 aromatic carbocycles. The van der Waals surface area contributed by atoms with Crippen LogP contribution in [-0.2, 0) is 14.3 Å². The lowest BCUT2D eigenvalue weighted by molar-refractivity contribution is -0.124. The van der Waals surface area contributed by atoms with E-state index in [0.717, 1.165) is 17.0 Å². The van der Waals surface area contributed by atoms with Crippen LogP contribution in [0.1, 0.15) is 6.42 Å². The van der Waals surface area contributed by atoms with Crippen molar-refractivity contribution in [3.05, 3.63) is 36.0 Å². The quantitative estimate of drug-likeness (QED) is 0.890. The molecule has 3 rings (SSSR count). The first-order valence-electron chi connectivity index (χ1n) is 7.11. The Morgan fingerprint density at radius 3 is 2.42 bits per heavy atom. The second kappa shape index (κ2) is 5.91. The lowest BCUT2D eigenvalue weighted by Gasteiger charge is -2.25. The van der Waals surface area contributed by atoms with E-state index >= 15 is 0 Å². The molecule has 9 heteroatoms. The van der Waals surface area contributed by atoms with Gasteiger partial charge in [0.1, 0.15) is 5.69 Å². The average molecular weight is 337 g/mol. The lowest BCUT2D eigenvalue weighted by atomic mass is 10.1. The fraction of sp³-hybridized carbons (Fsp3) is 0.267. The highest BCUT2D eigenvalue weighted by molar-refractivity contribution is 5.95. The fourth-order valence-corrected chi connectivity index (χ4v) is 2.55. The molecule has 2 aliphatic heterocycles.